The summed E-state index contributed by atoms with van der Waals surface area (Å²) in [5, 5.41) is 2.59. The molecule has 3 rings (SSSR count). The van der Waals surface area contributed by atoms with E-state index in [4.69, 9.17) is 9.47 Å². The molecule has 1 aromatic heterocycles. The number of nitrogens with zero attached hydrogens (tertiary/aromatic N) is 3. The predicted octanol–water partition coefficient (Wildman–Crippen LogP) is 1.66. The van der Waals surface area contributed by atoms with Crippen molar-refractivity contribution in [2.75, 3.05) is 26.7 Å². The number of benzene rings is 1. The molecule has 138 valence electrons. The van der Waals surface area contributed by atoms with Gasteiger partial charge in [0.25, 0.3) is 0 Å². The Hall–Kier alpha value is -2.58. The summed E-state index contributed by atoms with van der Waals surface area (Å²) in [6.45, 7) is 4.00. The number of halogens is 1. The molecule has 0 saturated carbocycles. The lowest BCUT2D eigenvalue weighted by molar-refractivity contribution is -0.138. The molecule has 0 bridgehead atoms. The summed E-state index contributed by atoms with van der Waals surface area (Å²) < 4.78 is 24.8. The molecule has 1 amide bonds. The number of aromatic nitrogens is 2. The van der Waals surface area contributed by atoms with Crippen LogP contribution in [0.4, 0.5) is 4.39 Å². The molecule has 1 N–H and O–H groups in total. The zero-order valence-corrected chi connectivity index (χ0v) is 14.7. The number of carbonyl (C=O) groups excluding carboxylic acids is 1. The van der Waals surface area contributed by atoms with Crippen molar-refractivity contribution in [1.29, 1.82) is 0 Å². The second kappa shape index (κ2) is 8.20. The zero-order chi connectivity index (χ0) is 18.5. The summed E-state index contributed by atoms with van der Waals surface area (Å²) in [4.78, 5) is 22.3. The maximum Gasteiger partial charge on any atom is 0.250 e. The summed E-state index contributed by atoms with van der Waals surface area (Å²) in [5.41, 5.74) is 1.42. The van der Waals surface area contributed by atoms with Gasteiger partial charge in [-0.2, -0.15) is 0 Å². The van der Waals surface area contributed by atoms with Crippen LogP contribution >= 0.6 is 0 Å². The van der Waals surface area contributed by atoms with E-state index in [2.05, 4.69) is 20.2 Å². The van der Waals surface area contributed by atoms with Gasteiger partial charge in [-0.3, -0.25) is 14.7 Å². The van der Waals surface area contributed by atoms with E-state index < -0.39 is 11.9 Å². The first-order valence-electron chi connectivity index (χ1n) is 8.36. The minimum Gasteiger partial charge on any atom is -0.434 e. The van der Waals surface area contributed by atoms with Gasteiger partial charge in [0.1, 0.15) is 6.10 Å². The Balaban J connectivity index is 1.62. The highest BCUT2D eigenvalue weighted by Crippen LogP contribution is 2.26. The SMILES string of the molecule is CNC(=O)C1CN(Cc2cnc(Oc3c(C)cccc3F)cn2)CCO1. The molecule has 0 radical (unpaired) electrons. The summed E-state index contributed by atoms with van der Waals surface area (Å²) in [7, 11) is 1.59. The first kappa shape index (κ1) is 18.2. The highest BCUT2D eigenvalue weighted by atomic mass is 19.1. The fourth-order valence-electron chi connectivity index (χ4n) is 2.72. The molecule has 2 aromatic rings. The van der Waals surface area contributed by atoms with Crippen molar-refractivity contribution >= 4 is 5.91 Å². The first-order chi connectivity index (χ1) is 12.6. The highest BCUT2D eigenvalue weighted by Gasteiger charge is 2.26. The van der Waals surface area contributed by atoms with Crippen LogP contribution in [0.2, 0.25) is 0 Å². The maximum atomic E-state index is 13.8. The van der Waals surface area contributed by atoms with Gasteiger partial charge in [0, 0.05) is 26.7 Å². The van der Waals surface area contributed by atoms with Gasteiger partial charge >= 0.3 is 0 Å². The lowest BCUT2D eigenvalue weighted by Gasteiger charge is -2.31. The lowest BCUT2D eigenvalue weighted by Crippen LogP contribution is -2.48. The summed E-state index contributed by atoms with van der Waals surface area (Å²) in [5.74, 6) is -0.197. The van der Waals surface area contributed by atoms with E-state index in [0.717, 1.165) is 5.69 Å². The first-order valence-corrected chi connectivity index (χ1v) is 8.36. The third kappa shape index (κ3) is 4.33. The van der Waals surface area contributed by atoms with Crippen LogP contribution in [-0.4, -0.2) is 53.6 Å². The van der Waals surface area contributed by atoms with Crippen LogP contribution in [0, 0.1) is 12.7 Å². The second-order valence-electron chi connectivity index (χ2n) is 6.04. The highest BCUT2D eigenvalue weighted by molar-refractivity contribution is 5.80. The standard InChI is InChI=1S/C18H21FN4O3/c1-12-4-3-5-14(19)17(12)26-16-9-21-13(8-22-16)10-23-6-7-25-15(11-23)18(24)20-2/h3-5,8-9,15H,6-7,10-11H2,1-2H3,(H,20,24). The van der Waals surface area contributed by atoms with Crippen LogP contribution in [0.25, 0.3) is 0 Å². The molecule has 1 unspecified atom stereocenters. The van der Waals surface area contributed by atoms with Crippen LogP contribution in [0.3, 0.4) is 0 Å². The van der Waals surface area contributed by atoms with Gasteiger partial charge in [-0.1, -0.05) is 12.1 Å². The predicted molar refractivity (Wildman–Crippen MR) is 92.3 cm³/mol. The number of carbonyl (C=O) groups is 1. The molecule has 1 atom stereocenters. The third-order valence-corrected chi connectivity index (χ3v) is 4.13. The lowest BCUT2D eigenvalue weighted by atomic mass is 10.2. The number of morpholine rings is 1. The van der Waals surface area contributed by atoms with E-state index in [1.807, 2.05) is 0 Å². The minimum atomic E-state index is -0.478. The third-order valence-electron chi connectivity index (χ3n) is 4.13. The van der Waals surface area contributed by atoms with E-state index in [-0.39, 0.29) is 17.5 Å². The molecule has 1 fully saturated rings. The Kier molecular flexibility index (Phi) is 5.75. The molecule has 7 nitrogen and oxygen atoms in total. The van der Waals surface area contributed by atoms with E-state index in [0.29, 0.717) is 31.8 Å². The van der Waals surface area contributed by atoms with Gasteiger partial charge in [0.05, 0.1) is 24.7 Å². The van der Waals surface area contributed by atoms with Crippen LogP contribution in [0.1, 0.15) is 11.3 Å². The van der Waals surface area contributed by atoms with Gasteiger partial charge in [-0.25, -0.2) is 9.37 Å². The van der Waals surface area contributed by atoms with Crippen LogP contribution in [-0.2, 0) is 16.1 Å². The van der Waals surface area contributed by atoms with Crippen molar-refractivity contribution in [2.45, 2.75) is 19.6 Å². The quantitative estimate of drug-likeness (QED) is 0.874. The van der Waals surface area contributed by atoms with Crippen molar-refractivity contribution in [1.82, 2.24) is 20.2 Å². The molecular formula is C18H21FN4O3. The average Bonchev–Trinajstić information content (AvgIpc) is 2.66. The monoisotopic (exact) mass is 360 g/mol. The largest absolute Gasteiger partial charge is 0.434 e. The van der Waals surface area contributed by atoms with Crippen LogP contribution in [0.15, 0.2) is 30.6 Å². The van der Waals surface area contributed by atoms with E-state index in [1.54, 1.807) is 32.3 Å². The van der Waals surface area contributed by atoms with E-state index >= 15 is 0 Å². The number of amides is 1. The average molecular weight is 360 g/mol. The van der Waals surface area contributed by atoms with Gasteiger partial charge in [-0.15, -0.1) is 0 Å². The summed E-state index contributed by atoms with van der Waals surface area (Å²) >= 11 is 0. The van der Waals surface area contributed by atoms with Gasteiger partial charge in [-0.05, 0) is 18.6 Å². The van der Waals surface area contributed by atoms with E-state index in [1.165, 1.54) is 12.3 Å². The number of nitrogens with one attached hydrogen (secondary N) is 1. The Labute approximate surface area is 151 Å². The fourth-order valence-corrected chi connectivity index (χ4v) is 2.72. The number of rotatable bonds is 5. The van der Waals surface area contributed by atoms with Gasteiger partial charge < -0.3 is 14.8 Å². The molecule has 0 aliphatic carbocycles. The zero-order valence-electron chi connectivity index (χ0n) is 14.7. The van der Waals surface area contributed by atoms with Gasteiger partial charge in [0.2, 0.25) is 11.8 Å². The Morgan fingerprint density at radius 2 is 2.27 bits per heavy atom. The number of hydrogen-bond acceptors (Lipinski definition) is 6. The number of hydrogen-bond donors (Lipinski definition) is 1. The van der Waals surface area contributed by atoms with Crippen LogP contribution < -0.4 is 10.1 Å². The normalized spacial score (nSPS) is 17.7. The molecule has 1 aliphatic heterocycles. The molecule has 1 aromatic carbocycles. The maximum absolute atomic E-state index is 13.8. The van der Waals surface area contributed by atoms with Crippen molar-refractivity contribution in [3.05, 3.63) is 47.7 Å². The molecule has 2 heterocycles. The smallest absolute Gasteiger partial charge is 0.250 e. The van der Waals surface area contributed by atoms with Crippen molar-refractivity contribution in [2.24, 2.45) is 0 Å². The Bertz CT molecular complexity index is 749. The summed E-state index contributed by atoms with van der Waals surface area (Å²) in [6.07, 6.45) is 2.58. The fraction of sp³-hybridized carbons (Fsp3) is 0.389. The molecule has 26 heavy (non-hydrogen) atoms. The Morgan fingerprint density at radius 3 is 2.96 bits per heavy atom. The molecule has 1 saturated heterocycles. The summed E-state index contributed by atoms with van der Waals surface area (Å²) in [6, 6.07) is 4.73. The van der Waals surface area contributed by atoms with Crippen LogP contribution in [0.5, 0.6) is 11.6 Å². The Morgan fingerprint density at radius 1 is 1.42 bits per heavy atom. The molecule has 1 aliphatic rings. The number of para-hydroxylation sites is 1. The molecule has 0 spiro atoms. The number of ether oxygens (including phenoxy) is 2. The van der Waals surface area contributed by atoms with Crippen molar-refractivity contribution in [3.8, 4) is 11.6 Å². The minimum absolute atomic E-state index is 0.134. The van der Waals surface area contributed by atoms with Crippen molar-refractivity contribution < 1.29 is 18.7 Å². The van der Waals surface area contributed by atoms with Gasteiger partial charge in [0.15, 0.2) is 11.6 Å². The second-order valence-corrected chi connectivity index (χ2v) is 6.04. The topological polar surface area (TPSA) is 76.6 Å². The van der Waals surface area contributed by atoms with E-state index in [9.17, 15) is 9.18 Å². The molecule has 8 heteroatoms. The number of likely N-dealkylation sites (N-methyl/N-ethyl adjacent to an activating group) is 1. The van der Waals surface area contributed by atoms with Crippen molar-refractivity contribution in [3.63, 3.8) is 0 Å². The number of aryl methyl sites for hydroxylation is 1. The molecular weight excluding hydrogens is 339 g/mol.